The molecule has 1 aromatic rings. The Morgan fingerprint density at radius 2 is 1.35 bits per heavy atom. The summed E-state index contributed by atoms with van der Waals surface area (Å²) in [6, 6.07) is 8.56. The Morgan fingerprint density at radius 3 is 2.00 bits per heavy atom. The summed E-state index contributed by atoms with van der Waals surface area (Å²) in [4.78, 5) is 0. The van der Waals surface area contributed by atoms with Gasteiger partial charge >= 0.3 is 0 Å². The molecule has 1 rings (SSSR count). The molecule has 2 heteroatoms. The third kappa shape index (κ3) is 11.2. The maximum absolute atomic E-state index is 5.80. The molecule has 0 fully saturated rings. The highest BCUT2D eigenvalue weighted by Gasteiger charge is 1.97. The van der Waals surface area contributed by atoms with Gasteiger partial charge in [-0.05, 0) is 37.1 Å². The molecule has 0 saturated carbocycles. The molecule has 0 unspecified atom stereocenters. The first kappa shape index (κ1) is 20.0. The molecule has 0 aliphatic carbocycles. The molecule has 132 valence electrons. The number of unbranched alkanes of at least 4 members (excludes halogenated alkanes) is 8. The normalized spacial score (nSPS) is 10.9. The van der Waals surface area contributed by atoms with Crippen LogP contribution in [0.3, 0.4) is 0 Å². The van der Waals surface area contributed by atoms with E-state index in [0.717, 1.165) is 25.4 Å². The van der Waals surface area contributed by atoms with Gasteiger partial charge in [0.1, 0.15) is 5.75 Å². The van der Waals surface area contributed by atoms with Crippen molar-refractivity contribution in [2.45, 2.75) is 84.6 Å². The van der Waals surface area contributed by atoms with Crippen molar-refractivity contribution in [3.05, 3.63) is 29.8 Å². The van der Waals surface area contributed by atoms with E-state index >= 15 is 0 Å². The van der Waals surface area contributed by atoms with Crippen LogP contribution in [0, 0.1) is 0 Å². The minimum absolute atomic E-state index is 0.846. The van der Waals surface area contributed by atoms with Crippen LogP contribution in [-0.2, 0) is 6.54 Å². The van der Waals surface area contributed by atoms with Crippen LogP contribution in [0.15, 0.2) is 24.3 Å². The highest BCUT2D eigenvalue weighted by Crippen LogP contribution is 2.13. The molecule has 1 aromatic carbocycles. The molecule has 0 radical (unpaired) electrons. The molecule has 1 N–H and O–H groups in total. The lowest BCUT2D eigenvalue weighted by Gasteiger charge is -2.08. The maximum atomic E-state index is 5.80. The second kappa shape index (κ2) is 14.6. The summed E-state index contributed by atoms with van der Waals surface area (Å²) < 4.78 is 5.80. The van der Waals surface area contributed by atoms with Crippen LogP contribution in [0.2, 0.25) is 0 Å². The minimum Gasteiger partial charge on any atom is -0.494 e. The van der Waals surface area contributed by atoms with Crippen molar-refractivity contribution in [1.82, 2.24) is 5.32 Å². The molecule has 0 aromatic heterocycles. The zero-order valence-electron chi connectivity index (χ0n) is 15.4. The summed E-state index contributed by atoms with van der Waals surface area (Å²) in [5, 5.41) is 3.53. The van der Waals surface area contributed by atoms with Crippen LogP contribution in [0.4, 0.5) is 0 Å². The van der Waals surface area contributed by atoms with Gasteiger partial charge in [0.15, 0.2) is 0 Å². The Morgan fingerprint density at radius 1 is 0.739 bits per heavy atom. The number of hydrogen-bond acceptors (Lipinski definition) is 2. The lowest BCUT2D eigenvalue weighted by molar-refractivity contribution is 0.304. The summed E-state index contributed by atoms with van der Waals surface area (Å²) >= 11 is 0. The van der Waals surface area contributed by atoms with Gasteiger partial charge in [-0.1, -0.05) is 77.3 Å². The first-order chi connectivity index (χ1) is 11.4. The molecular formula is C21H37NO. The van der Waals surface area contributed by atoms with Gasteiger partial charge in [0.25, 0.3) is 0 Å². The number of hydrogen-bond donors (Lipinski definition) is 1. The first-order valence-corrected chi connectivity index (χ1v) is 9.79. The van der Waals surface area contributed by atoms with E-state index in [1.54, 1.807) is 0 Å². The van der Waals surface area contributed by atoms with Gasteiger partial charge in [0.05, 0.1) is 6.61 Å². The molecule has 23 heavy (non-hydrogen) atoms. The Bertz CT molecular complexity index is 361. The van der Waals surface area contributed by atoms with Gasteiger partial charge in [-0.3, -0.25) is 0 Å². The number of ether oxygens (including phenoxy) is 1. The van der Waals surface area contributed by atoms with E-state index in [1.165, 1.54) is 69.8 Å². The monoisotopic (exact) mass is 319 g/mol. The van der Waals surface area contributed by atoms with Crippen molar-refractivity contribution in [3.8, 4) is 5.75 Å². The number of nitrogens with one attached hydrogen (secondary N) is 1. The Balaban J connectivity index is 2.04. The number of benzene rings is 1. The Labute approximate surface area is 144 Å². The predicted octanol–water partition coefficient (Wildman–Crippen LogP) is 6.10. The zero-order chi connectivity index (χ0) is 16.6. The zero-order valence-corrected chi connectivity index (χ0v) is 15.4. The molecule has 0 heterocycles. The van der Waals surface area contributed by atoms with E-state index in [2.05, 4.69) is 43.4 Å². The Hall–Kier alpha value is -1.02. The fraction of sp³-hybridized carbons (Fsp3) is 0.714. The van der Waals surface area contributed by atoms with Crippen molar-refractivity contribution in [3.63, 3.8) is 0 Å². The van der Waals surface area contributed by atoms with Gasteiger partial charge in [0.2, 0.25) is 0 Å². The third-order valence-corrected chi connectivity index (χ3v) is 4.23. The number of rotatable bonds is 15. The van der Waals surface area contributed by atoms with Crippen molar-refractivity contribution < 1.29 is 4.74 Å². The van der Waals surface area contributed by atoms with Gasteiger partial charge < -0.3 is 10.1 Å². The van der Waals surface area contributed by atoms with Crippen LogP contribution in [-0.4, -0.2) is 13.2 Å². The van der Waals surface area contributed by atoms with E-state index < -0.39 is 0 Å². The molecule has 0 saturated heterocycles. The SMILES string of the molecule is CCCCCCCNCc1ccc(OCCCCCCC)cc1. The van der Waals surface area contributed by atoms with Crippen LogP contribution >= 0.6 is 0 Å². The smallest absolute Gasteiger partial charge is 0.119 e. The van der Waals surface area contributed by atoms with E-state index in [0.29, 0.717) is 0 Å². The third-order valence-electron chi connectivity index (χ3n) is 4.23. The molecule has 0 spiro atoms. The van der Waals surface area contributed by atoms with Crippen molar-refractivity contribution in [2.24, 2.45) is 0 Å². The van der Waals surface area contributed by atoms with E-state index in [9.17, 15) is 0 Å². The van der Waals surface area contributed by atoms with E-state index in [-0.39, 0.29) is 0 Å². The molecule has 0 atom stereocenters. The average Bonchev–Trinajstić information content (AvgIpc) is 2.58. The first-order valence-electron chi connectivity index (χ1n) is 9.79. The summed E-state index contributed by atoms with van der Waals surface area (Å²) in [6.07, 6.45) is 13.2. The molecule has 0 bridgehead atoms. The van der Waals surface area contributed by atoms with Gasteiger partial charge in [-0.25, -0.2) is 0 Å². The fourth-order valence-corrected chi connectivity index (χ4v) is 2.69. The van der Waals surface area contributed by atoms with Crippen molar-refractivity contribution in [1.29, 1.82) is 0 Å². The minimum atomic E-state index is 0.846. The largest absolute Gasteiger partial charge is 0.494 e. The summed E-state index contributed by atoms with van der Waals surface area (Å²) in [7, 11) is 0. The quantitative estimate of drug-likeness (QED) is 0.395. The van der Waals surface area contributed by atoms with Gasteiger partial charge in [0, 0.05) is 6.54 Å². The van der Waals surface area contributed by atoms with E-state index in [4.69, 9.17) is 4.74 Å². The van der Waals surface area contributed by atoms with Gasteiger partial charge in [-0.2, -0.15) is 0 Å². The lowest BCUT2D eigenvalue weighted by Crippen LogP contribution is -2.14. The molecule has 2 nitrogen and oxygen atoms in total. The maximum Gasteiger partial charge on any atom is 0.119 e. The van der Waals surface area contributed by atoms with Crippen LogP contribution in [0.1, 0.15) is 83.6 Å². The van der Waals surface area contributed by atoms with Crippen LogP contribution in [0.25, 0.3) is 0 Å². The summed E-state index contributed by atoms with van der Waals surface area (Å²) in [6.45, 7) is 7.45. The molecule has 0 aliphatic rings. The van der Waals surface area contributed by atoms with Gasteiger partial charge in [-0.15, -0.1) is 0 Å². The highest BCUT2D eigenvalue weighted by atomic mass is 16.5. The van der Waals surface area contributed by atoms with E-state index in [1.807, 2.05) is 0 Å². The average molecular weight is 320 g/mol. The fourth-order valence-electron chi connectivity index (χ4n) is 2.69. The molecule has 0 aliphatic heterocycles. The second-order valence-electron chi connectivity index (χ2n) is 6.50. The standard InChI is InChI=1S/C21H37NO/c1-3-5-7-9-11-17-22-19-20-13-15-21(16-14-20)23-18-12-10-8-6-4-2/h13-16,22H,3-12,17-19H2,1-2H3. The van der Waals surface area contributed by atoms with Crippen LogP contribution in [0.5, 0.6) is 5.75 Å². The Kier molecular flexibility index (Phi) is 12.7. The predicted molar refractivity (Wildman–Crippen MR) is 101 cm³/mol. The highest BCUT2D eigenvalue weighted by molar-refractivity contribution is 5.27. The second-order valence-corrected chi connectivity index (χ2v) is 6.50. The summed E-state index contributed by atoms with van der Waals surface area (Å²) in [5.41, 5.74) is 1.34. The van der Waals surface area contributed by atoms with Crippen molar-refractivity contribution >= 4 is 0 Å². The van der Waals surface area contributed by atoms with Crippen LogP contribution < -0.4 is 10.1 Å². The molecule has 0 amide bonds. The van der Waals surface area contributed by atoms with Crippen molar-refractivity contribution in [2.75, 3.05) is 13.2 Å². The topological polar surface area (TPSA) is 21.3 Å². The lowest BCUT2D eigenvalue weighted by atomic mass is 10.1. The molecular weight excluding hydrogens is 282 g/mol. The summed E-state index contributed by atoms with van der Waals surface area (Å²) in [5.74, 6) is 1.00.